The summed E-state index contributed by atoms with van der Waals surface area (Å²) in [4.78, 5) is 0. The van der Waals surface area contributed by atoms with Gasteiger partial charge in [-0.3, -0.25) is 0 Å². The maximum absolute atomic E-state index is 6.25. The molecular formula is C17H26ClNO. The molecule has 3 heteroatoms. The molecule has 0 aromatic heterocycles. The van der Waals surface area contributed by atoms with Crippen molar-refractivity contribution in [1.82, 2.24) is 5.32 Å². The predicted octanol–water partition coefficient (Wildman–Crippen LogP) is 4.23. The summed E-state index contributed by atoms with van der Waals surface area (Å²) in [6, 6.07) is 4.62. The number of ether oxygens (including phenoxy) is 1. The van der Waals surface area contributed by atoms with Crippen LogP contribution >= 0.6 is 11.6 Å². The van der Waals surface area contributed by atoms with Crippen molar-refractivity contribution < 1.29 is 4.74 Å². The maximum Gasteiger partial charge on any atom is 0.125 e. The second-order valence-electron chi connectivity index (χ2n) is 5.86. The monoisotopic (exact) mass is 295 g/mol. The molecule has 0 bridgehead atoms. The highest BCUT2D eigenvalue weighted by atomic mass is 35.5. The van der Waals surface area contributed by atoms with Gasteiger partial charge in [0.2, 0.25) is 0 Å². The lowest BCUT2D eigenvalue weighted by molar-refractivity contribution is 0.347. The van der Waals surface area contributed by atoms with Gasteiger partial charge in [-0.15, -0.1) is 0 Å². The van der Waals surface area contributed by atoms with E-state index in [1.54, 1.807) is 0 Å². The topological polar surface area (TPSA) is 21.3 Å². The van der Waals surface area contributed by atoms with Crippen molar-refractivity contribution >= 4 is 11.6 Å². The summed E-state index contributed by atoms with van der Waals surface area (Å²) in [5, 5.41) is 4.44. The third-order valence-corrected chi connectivity index (χ3v) is 4.39. The molecule has 1 aromatic carbocycles. The van der Waals surface area contributed by atoms with Crippen LogP contribution in [0, 0.1) is 5.92 Å². The number of hydrogen-bond donors (Lipinski definition) is 1. The number of hydrogen-bond acceptors (Lipinski definition) is 2. The zero-order valence-electron chi connectivity index (χ0n) is 12.8. The Morgan fingerprint density at radius 2 is 2.15 bits per heavy atom. The summed E-state index contributed by atoms with van der Waals surface area (Å²) in [6.07, 6.45) is 4.42. The van der Waals surface area contributed by atoms with Gasteiger partial charge in [0, 0.05) is 17.5 Å². The minimum absolute atomic E-state index is 0.502. The fourth-order valence-corrected chi connectivity index (χ4v) is 3.21. The standard InChI is InChI=1S/C17H26ClNO/c1-4-12(3)8-16(19-5-2)11-14-10-15(18)9-13-6-7-20-17(13)14/h9-10,12,16,19H,4-8,11H2,1-3H3. The summed E-state index contributed by atoms with van der Waals surface area (Å²) in [5.74, 6) is 1.83. The molecule has 2 rings (SSSR count). The summed E-state index contributed by atoms with van der Waals surface area (Å²) in [7, 11) is 0. The minimum Gasteiger partial charge on any atom is -0.493 e. The van der Waals surface area contributed by atoms with Crippen molar-refractivity contribution in [3.63, 3.8) is 0 Å². The number of halogens is 1. The van der Waals surface area contributed by atoms with Gasteiger partial charge in [0.1, 0.15) is 5.75 Å². The van der Waals surface area contributed by atoms with Crippen molar-refractivity contribution in [2.45, 2.75) is 52.5 Å². The van der Waals surface area contributed by atoms with Crippen LogP contribution in [0.25, 0.3) is 0 Å². The van der Waals surface area contributed by atoms with Gasteiger partial charge in [0.15, 0.2) is 0 Å². The van der Waals surface area contributed by atoms with Gasteiger partial charge in [-0.05, 0) is 48.6 Å². The Balaban J connectivity index is 2.14. The molecule has 0 aliphatic carbocycles. The number of likely N-dealkylation sites (N-methyl/N-ethyl adjacent to an activating group) is 1. The van der Waals surface area contributed by atoms with E-state index >= 15 is 0 Å². The molecule has 0 radical (unpaired) electrons. The van der Waals surface area contributed by atoms with Gasteiger partial charge in [-0.2, -0.15) is 0 Å². The smallest absolute Gasteiger partial charge is 0.125 e. The molecule has 1 N–H and O–H groups in total. The Hall–Kier alpha value is -0.730. The second-order valence-corrected chi connectivity index (χ2v) is 6.30. The Morgan fingerprint density at radius 1 is 1.35 bits per heavy atom. The molecule has 2 unspecified atom stereocenters. The van der Waals surface area contributed by atoms with Gasteiger partial charge in [0.25, 0.3) is 0 Å². The molecule has 0 saturated heterocycles. The Bertz CT molecular complexity index is 447. The highest BCUT2D eigenvalue weighted by Gasteiger charge is 2.20. The molecule has 0 spiro atoms. The van der Waals surface area contributed by atoms with Crippen LogP contribution < -0.4 is 10.1 Å². The lowest BCUT2D eigenvalue weighted by atomic mass is 9.93. The van der Waals surface area contributed by atoms with E-state index in [0.29, 0.717) is 6.04 Å². The van der Waals surface area contributed by atoms with E-state index in [4.69, 9.17) is 16.3 Å². The van der Waals surface area contributed by atoms with Gasteiger partial charge >= 0.3 is 0 Å². The summed E-state index contributed by atoms with van der Waals surface area (Å²) in [6.45, 7) is 8.55. The van der Waals surface area contributed by atoms with E-state index in [0.717, 1.165) is 42.7 Å². The number of nitrogens with one attached hydrogen (secondary N) is 1. The van der Waals surface area contributed by atoms with Crippen molar-refractivity contribution in [2.24, 2.45) is 5.92 Å². The van der Waals surface area contributed by atoms with Crippen LogP contribution in [0.2, 0.25) is 5.02 Å². The maximum atomic E-state index is 6.25. The molecule has 20 heavy (non-hydrogen) atoms. The first kappa shape index (κ1) is 15.7. The zero-order valence-corrected chi connectivity index (χ0v) is 13.6. The SMILES string of the molecule is CCNC(Cc1cc(Cl)cc2c1OCC2)CC(C)CC. The van der Waals surface area contributed by atoms with E-state index in [2.05, 4.69) is 32.2 Å². The van der Waals surface area contributed by atoms with Crippen LogP contribution in [0.1, 0.15) is 44.7 Å². The summed E-state index contributed by atoms with van der Waals surface area (Å²) in [5.41, 5.74) is 2.53. The Morgan fingerprint density at radius 3 is 2.85 bits per heavy atom. The normalized spacial score (nSPS) is 16.6. The summed E-state index contributed by atoms with van der Waals surface area (Å²) >= 11 is 6.25. The minimum atomic E-state index is 0.502. The van der Waals surface area contributed by atoms with E-state index in [9.17, 15) is 0 Å². The van der Waals surface area contributed by atoms with Gasteiger partial charge in [-0.25, -0.2) is 0 Å². The summed E-state index contributed by atoms with van der Waals surface area (Å²) < 4.78 is 5.81. The van der Waals surface area contributed by atoms with Gasteiger partial charge < -0.3 is 10.1 Å². The number of benzene rings is 1. The Kier molecular flexibility index (Phi) is 5.74. The van der Waals surface area contributed by atoms with Gasteiger partial charge in [-0.1, -0.05) is 38.8 Å². The zero-order chi connectivity index (χ0) is 14.5. The van der Waals surface area contributed by atoms with Crippen molar-refractivity contribution in [3.8, 4) is 5.75 Å². The quantitative estimate of drug-likeness (QED) is 0.813. The first-order valence-corrected chi connectivity index (χ1v) is 8.19. The van der Waals surface area contributed by atoms with Crippen LogP contribution in [0.3, 0.4) is 0 Å². The average molecular weight is 296 g/mol. The molecule has 2 nitrogen and oxygen atoms in total. The van der Waals surface area contributed by atoms with E-state index in [1.165, 1.54) is 24.0 Å². The highest BCUT2D eigenvalue weighted by molar-refractivity contribution is 6.30. The Labute approximate surface area is 127 Å². The van der Waals surface area contributed by atoms with Gasteiger partial charge in [0.05, 0.1) is 6.61 Å². The molecule has 1 aliphatic heterocycles. The average Bonchev–Trinajstić information content (AvgIpc) is 2.86. The first-order valence-electron chi connectivity index (χ1n) is 7.81. The van der Waals surface area contributed by atoms with Crippen LogP contribution in [0.15, 0.2) is 12.1 Å². The van der Waals surface area contributed by atoms with E-state index < -0.39 is 0 Å². The van der Waals surface area contributed by atoms with Crippen LogP contribution in [0.5, 0.6) is 5.75 Å². The molecule has 0 fully saturated rings. The number of rotatable bonds is 7. The fourth-order valence-electron chi connectivity index (χ4n) is 2.94. The third kappa shape index (κ3) is 3.89. The molecule has 112 valence electrons. The third-order valence-electron chi connectivity index (χ3n) is 4.17. The van der Waals surface area contributed by atoms with Crippen LogP contribution in [-0.2, 0) is 12.8 Å². The fraction of sp³-hybridized carbons (Fsp3) is 0.647. The van der Waals surface area contributed by atoms with Crippen molar-refractivity contribution in [1.29, 1.82) is 0 Å². The van der Waals surface area contributed by atoms with E-state index in [1.807, 2.05) is 6.07 Å². The molecule has 0 amide bonds. The van der Waals surface area contributed by atoms with Crippen LogP contribution in [-0.4, -0.2) is 19.2 Å². The first-order chi connectivity index (χ1) is 9.63. The lowest BCUT2D eigenvalue weighted by Gasteiger charge is -2.22. The molecule has 2 atom stereocenters. The molecule has 1 heterocycles. The van der Waals surface area contributed by atoms with Crippen molar-refractivity contribution in [2.75, 3.05) is 13.2 Å². The van der Waals surface area contributed by atoms with Crippen LogP contribution in [0.4, 0.5) is 0 Å². The highest BCUT2D eigenvalue weighted by Crippen LogP contribution is 2.34. The molecule has 1 aliphatic rings. The lowest BCUT2D eigenvalue weighted by Crippen LogP contribution is -2.32. The second kappa shape index (κ2) is 7.33. The molecule has 0 saturated carbocycles. The number of fused-ring (bicyclic) bond motifs is 1. The van der Waals surface area contributed by atoms with Crippen molar-refractivity contribution in [3.05, 3.63) is 28.3 Å². The molecule has 1 aromatic rings. The predicted molar refractivity (Wildman–Crippen MR) is 85.9 cm³/mol. The molecular weight excluding hydrogens is 270 g/mol. The van der Waals surface area contributed by atoms with E-state index in [-0.39, 0.29) is 0 Å². The largest absolute Gasteiger partial charge is 0.493 e.